The van der Waals surface area contributed by atoms with Gasteiger partial charge in [0.25, 0.3) is 0 Å². The van der Waals surface area contributed by atoms with Crippen LogP contribution in [0.3, 0.4) is 0 Å². The minimum absolute atomic E-state index is 0.0243. The zero-order chi connectivity index (χ0) is 22.6. The van der Waals surface area contributed by atoms with Crippen molar-refractivity contribution in [3.05, 3.63) is 76.8 Å². The minimum Gasteiger partial charge on any atom is -0.495 e. The van der Waals surface area contributed by atoms with Gasteiger partial charge in [-0.25, -0.2) is 8.42 Å². The van der Waals surface area contributed by atoms with Crippen LogP contribution in [0.2, 0.25) is 5.02 Å². The average molecular weight is 459 g/mol. The SMILES string of the molecule is COc1ccc(C)cc1NC(=O)CNc1cccc(S(=O)(=O)c2ccc(C)cc2)c1Cl. The molecule has 6 nitrogen and oxygen atoms in total. The summed E-state index contributed by atoms with van der Waals surface area (Å²) in [5.41, 5.74) is 2.83. The van der Waals surface area contributed by atoms with Gasteiger partial charge >= 0.3 is 0 Å². The lowest BCUT2D eigenvalue weighted by Gasteiger charge is -2.14. The number of hydrogen-bond donors (Lipinski definition) is 2. The number of rotatable bonds is 7. The standard InChI is InChI=1S/C23H23ClN2O4S/c1-15-7-10-17(11-8-15)31(28,29)21-6-4-5-18(23(21)24)25-14-22(27)26-19-13-16(2)9-12-20(19)30-3/h4-13,25H,14H2,1-3H3,(H,26,27). The third-order valence-corrected chi connectivity index (χ3v) is 6.98. The highest BCUT2D eigenvalue weighted by molar-refractivity contribution is 7.91. The highest BCUT2D eigenvalue weighted by atomic mass is 35.5. The van der Waals surface area contributed by atoms with E-state index < -0.39 is 9.84 Å². The molecule has 3 rings (SSSR count). The Morgan fingerprint density at radius 2 is 1.65 bits per heavy atom. The lowest BCUT2D eigenvalue weighted by molar-refractivity contribution is -0.114. The third kappa shape index (κ3) is 5.18. The van der Waals surface area contributed by atoms with Gasteiger partial charge in [-0.1, -0.05) is 41.4 Å². The monoisotopic (exact) mass is 458 g/mol. The van der Waals surface area contributed by atoms with E-state index in [-0.39, 0.29) is 27.3 Å². The Balaban J connectivity index is 1.77. The van der Waals surface area contributed by atoms with Crippen LogP contribution in [-0.4, -0.2) is 28.0 Å². The molecule has 31 heavy (non-hydrogen) atoms. The molecule has 8 heteroatoms. The van der Waals surface area contributed by atoms with Gasteiger partial charge in [-0.15, -0.1) is 0 Å². The van der Waals surface area contributed by atoms with E-state index in [1.807, 2.05) is 19.9 Å². The van der Waals surface area contributed by atoms with E-state index in [4.69, 9.17) is 16.3 Å². The summed E-state index contributed by atoms with van der Waals surface area (Å²) in [6, 6.07) is 16.7. The van der Waals surface area contributed by atoms with Crippen molar-refractivity contribution in [2.24, 2.45) is 0 Å². The number of carbonyl (C=O) groups is 1. The fraction of sp³-hybridized carbons (Fsp3) is 0.174. The topological polar surface area (TPSA) is 84.5 Å². The van der Waals surface area contributed by atoms with E-state index in [1.165, 1.54) is 13.2 Å². The van der Waals surface area contributed by atoms with Crippen LogP contribution in [0.25, 0.3) is 0 Å². The first kappa shape index (κ1) is 22.7. The molecule has 0 atom stereocenters. The van der Waals surface area contributed by atoms with Crippen molar-refractivity contribution < 1.29 is 17.9 Å². The summed E-state index contributed by atoms with van der Waals surface area (Å²) in [6.07, 6.45) is 0. The zero-order valence-corrected chi connectivity index (χ0v) is 19.0. The highest BCUT2D eigenvalue weighted by Gasteiger charge is 2.22. The van der Waals surface area contributed by atoms with Crippen LogP contribution in [0.5, 0.6) is 5.75 Å². The predicted molar refractivity (Wildman–Crippen MR) is 123 cm³/mol. The Morgan fingerprint density at radius 3 is 2.32 bits per heavy atom. The third-order valence-electron chi connectivity index (χ3n) is 4.65. The van der Waals surface area contributed by atoms with Crippen LogP contribution in [0.4, 0.5) is 11.4 Å². The molecule has 0 fully saturated rings. The summed E-state index contributed by atoms with van der Waals surface area (Å²) >= 11 is 6.39. The minimum atomic E-state index is -3.80. The van der Waals surface area contributed by atoms with Crippen molar-refractivity contribution in [3.63, 3.8) is 0 Å². The lowest BCUT2D eigenvalue weighted by Crippen LogP contribution is -2.22. The summed E-state index contributed by atoms with van der Waals surface area (Å²) in [5, 5.41) is 5.72. The van der Waals surface area contributed by atoms with Crippen molar-refractivity contribution in [2.75, 3.05) is 24.3 Å². The molecule has 0 heterocycles. The first-order chi connectivity index (χ1) is 14.7. The summed E-state index contributed by atoms with van der Waals surface area (Å²) < 4.78 is 31.3. The van der Waals surface area contributed by atoms with E-state index in [9.17, 15) is 13.2 Å². The molecule has 0 aromatic heterocycles. The van der Waals surface area contributed by atoms with Crippen LogP contribution in [0.1, 0.15) is 11.1 Å². The summed E-state index contributed by atoms with van der Waals surface area (Å²) in [6.45, 7) is 3.68. The molecule has 0 aliphatic carbocycles. The molecule has 2 N–H and O–H groups in total. The second-order valence-corrected chi connectivity index (χ2v) is 9.34. The molecule has 0 aliphatic heterocycles. The van der Waals surface area contributed by atoms with Gasteiger partial charge in [-0.2, -0.15) is 0 Å². The lowest BCUT2D eigenvalue weighted by atomic mass is 10.2. The number of benzene rings is 3. The van der Waals surface area contributed by atoms with Gasteiger partial charge in [0, 0.05) is 0 Å². The maximum atomic E-state index is 13.0. The van der Waals surface area contributed by atoms with Gasteiger partial charge in [-0.05, 0) is 55.8 Å². The largest absolute Gasteiger partial charge is 0.495 e. The quantitative estimate of drug-likeness (QED) is 0.528. The number of sulfone groups is 1. The Labute approximate surface area is 187 Å². The van der Waals surface area contributed by atoms with Crippen molar-refractivity contribution in [1.29, 1.82) is 0 Å². The van der Waals surface area contributed by atoms with E-state index >= 15 is 0 Å². The molecule has 3 aromatic rings. The van der Waals surface area contributed by atoms with Crippen LogP contribution in [-0.2, 0) is 14.6 Å². The van der Waals surface area contributed by atoms with E-state index in [2.05, 4.69) is 10.6 Å². The fourth-order valence-electron chi connectivity index (χ4n) is 2.99. The maximum absolute atomic E-state index is 13.0. The average Bonchev–Trinajstić information content (AvgIpc) is 2.73. The van der Waals surface area contributed by atoms with Gasteiger partial charge in [0.2, 0.25) is 15.7 Å². The molecule has 3 aromatic carbocycles. The smallest absolute Gasteiger partial charge is 0.243 e. The second kappa shape index (κ2) is 9.41. The van der Waals surface area contributed by atoms with Gasteiger partial charge in [-0.3, -0.25) is 4.79 Å². The van der Waals surface area contributed by atoms with Gasteiger partial charge in [0.1, 0.15) is 5.75 Å². The molecule has 0 aliphatic rings. The van der Waals surface area contributed by atoms with E-state index in [0.717, 1.165) is 11.1 Å². The zero-order valence-electron chi connectivity index (χ0n) is 17.4. The first-order valence-corrected chi connectivity index (χ1v) is 11.4. The molecule has 1 amide bonds. The summed E-state index contributed by atoms with van der Waals surface area (Å²) in [4.78, 5) is 12.6. The number of hydrogen-bond acceptors (Lipinski definition) is 5. The molecule has 0 bridgehead atoms. The highest BCUT2D eigenvalue weighted by Crippen LogP contribution is 2.33. The molecule has 0 saturated heterocycles. The fourth-order valence-corrected chi connectivity index (χ4v) is 4.84. The van der Waals surface area contributed by atoms with Crippen molar-refractivity contribution in [1.82, 2.24) is 0 Å². The number of amides is 1. The molecule has 162 valence electrons. The van der Waals surface area contributed by atoms with Crippen molar-refractivity contribution in [3.8, 4) is 5.75 Å². The van der Waals surface area contributed by atoms with Crippen LogP contribution >= 0.6 is 11.6 Å². The van der Waals surface area contributed by atoms with E-state index in [0.29, 0.717) is 17.1 Å². The normalized spacial score (nSPS) is 11.1. The Morgan fingerprint density at radius 1 is 0.968 bits per heavy atom. The Hall–Kier alpha value is -3.03. The number of halogens is 1. The molecule has 0 saturated carbocycles. The van der Waals surface area contributed by atoms with Gasteiger partial charge in [0.05, 0.1) is 39.8 Å². The van der Waals surface area contributed by atoms with Crippen LogP contribution in [0, 0.1) is 13.8 Å². The number of anilines is 2. The Kier molecular flexibility index (Phi) is 6.87. The van der Waals surface area contributed by atoms with Crippen LogP contribution in [0.15, 0.2) is 70.5 Å². The predicted octanol–water partition coefficient (Wildman–Crippen LogP) is 4.85. The number of ether oxygens (including phenoxy) is 1. The summed E-state index contributed by atoms with van der Waals surface area (Å²) in [7, 11) is -2.27. The molecular formula is C23H23ClN2O4S. The number of aryl methyl sites for hydroxylation is 2. The number of nitrogens with one attached hydrogen (secondary N) is 2. The maximum Gasteiger partial charge on any atom is 0.243 e. The molecule has 0 radical (unpaired) electrons. The van der Waals surface area contributed by atoms with Crippen molar-refractivity contribution >= 4 is 38.7 Å². The van der Waals surface area contributed by atoms with E-state index in [1.54, 1.807) is 48.5 Å². The second-order valence-electron chi connectivity index (χ2n) is 7.04. The Bertz CT molecular complexity index is 1210. The van der Waals surface area contributed by atoms with Crippen molar-refractivity contribution in [2.45, 2.75) is 23.6 Å². The number of methoxy groups -OCH3 is 1. The molecule has 0 spiro atoms. The molecule has 0 unspecified atom stereocenters. The molecular weight excluding hydrogens is 436 g/mol. The number of carbonyl (C=O) groups excluding carboxylic acids is 1. The summed E-state index contributed by atoms with van der Waals surface area (Å²) in [5.74, 6) is 0.218. The first-order valence-electron chi connectivity index (χ1n) is 9.51. The van der Waals surface area contributed by atoms with Gasteiger partial charge < -0.3 is 15.4 Å². The van der Waals surface area contributed by atoms with Gasteiger partial charge in [0.15, 0.2) is 0 Å². The van der Waals surface area contributed by atoms with Crippen LogP contribution < -0.4 is 15.4 Å².